The van der Waals surface area contributed by atoms with Gasteiger partial charge in [0, 0.05) is 45.1 Å². The van der Waals surface area contributed by atoms with Crippen LogP contribution in [0.1, 0.15) is 21.6 Å². The predicted molar refractivity (Wildman–Crippen MR) is 104 cm³/mol. The zero-order valence-electron chi connectivity index (χ0n) is 16.4. The van der Waals surface area contributed by atoms with E-state index >= 15 is 0 Å². The van der Waals surface area contributed by atoms with Crippen molar-refractivity contribution < 1.29 is 22.4 Å². The SMILES string of the molecule is O=C(c1cnn(-c2ccccc2F)c1C(F)(F)F)N1CCN(Cc2cccnc2)CC1. The summed E-state index contributed by atoms with van der Waals surface area (Å²) < 4.78 is 56.0. The highest BCUT2D eigenvalue weighted by atomic mass is 19.4. The maximum atomic E-state index is 14.1. The summed E-state index contributed by atoms with van der Waals surface area (Å²) in [6.07, 6.45) is -0.588. The van der Waals surface area contributed by atoms with Crippen LogP contribution in [0.15, 0.2) is 55.0 Å². The lowest BCUT2D eigenvalue weighted by Crippen LogP contribution is -2.48. The lowest BCUT2D eigenvalue weighted by Gasteiger charge is -2.34. The fourth-order valence-corrected chi connectivity index (χ4v) is 3.61. The van der Waals surface area contributed by atoms with E-state index in [-0.39, 0.29) is 18.8 Å². The molecule has 4 rings (SSSR count). The number of nitrogens with zero attached hydrogens (tertiary/aromatic N) is 5. The maximum absolute atomic E-state index is 14.1. The third kappa shape index (κ3) is 4.43. The van der Waals surface area contributed by atoms with Crippen LogP contribution in [0, 0.1) is 5.82 Å². The first-order valence-electron chi connectivity index (χ1n) is 9.65. The number of piperazine rings is 1. The summed E-state index contributed by atoms with van der Waals surface area (Å²) in [6, 6.07) is 8.78. The van der Waals surface area contributed by atoms with Crippen molar-refractivity contribution in [3.8, 4) is 5.69 Å². The zero-order valence-corrected chi connectivity index (χ0v) is 16.4. The number of aromatic nitrogens is 3. The van der Waals surface area contributed by atoms with Crippen molar-refractivity contribution in [2.24, 2.45) is 0 Å². The summed E-state index contributed by atoms with van der Waals surface area (Å²) in [5.41, 5.74) is -1.21. The predicted octanol–water partition coefficient (Wildman–Crippen LogP) is 3.38. The highest BCUT2D eigenvalue weighted by Crippen LogP contribution is 2.34. The van der Waals surface area contributed by atoms with Crippen molar-refractivity contribution >= 4 is 5.91 Å². The van der Waals surface area contributed by atoms with E-state index in [9.17, 15) is 22.4 Å². The lowest BCUT2D eigenvalue weighted by molar-refractivity contribution is -0.143. The van der Waals surface area contributed by atoms with Crippen molar-refractivity contribution in [3.05, 3.63) is 77.6 Å². The molecule has 162 valence electrons. The molecule has 0 spiro atoms. The molecule has 2 aromatic heterocycles. The van der Waals surface area contributed by atoms with Gasteiger partial charge in [0.25, 0.3) is 5.91 Å². The van der Waals surface area contributed by atoms with Crippen LogP contribution in [0.5, 0.6) is 0 Å². The van der Waals surface area contributed by atoms with Crippen LogP contribution in [0.4, 0.5) is 17.6 Å². The Bertz CT molecular complexity index is 1060. The number of carbonyl (C=O) groups excluding carboxylic acids is 1. The summed E-state index contributed by atoms with van der Waals surface area (Å²) in [4.78, 5) is 20.5. The number of hydrogen-bond acceptors (Lipinski definition) is 4. The monoisotopic (exact) mass is 433 g/mol. The number of hydrogen-bond donors (Lipinski definition) is 0. The van der Waals surface area contributed by atoms with Crippen LogP contribution in [0.25, 0.3) is 5.69 Å². The van der Waals surface area contributed by atoms with Gasteiger partial charge in [0.2, 0.25) is 0 Å². The third-order valence-electron chi connectivity index (χ3n) is 5.14. The molecule has 3 aromatic rings. The number of amides is 1. The molecular formula is C21H19F4N5O. The first kappa shape index (κ1) is 21.0. The Balaban J connectivity index is 1.54. The van der Waals surface area contributed by atoms with E-state index in [1.54, 1.807) is 12.4 Å². The van der Waals surface area contributed by atoms with Crippen molar-refractivity contribution in [1.82, 2.24) is 24.6 Å². The summed E-state index contributed by atoms with van der Waals surface area (Å²) in [7, 11) is 0. The molecule has 0 N–H and O–H groups in total. The number of carbonyl (C=O) groups is 1. The minimum Gasteiger partial charge on any atom is -0.336 e. The van der Waals surface area contributed by atoms with Gasteiger partial charge in [0.1, 0.15) is 11.5 Å². The number of rotatable bonds is 4. The lowest BCUT2D eigenvalue weighted by atomic mass is 10.1. The highest BCUT2D eigenvalue weighted by Gasteiger charge is 2.42. The zero-order chi connectivity index (χ0) is 22.0. The normalized spacial score (nSPS) is 15.3. The quantitative estimate of drug-likeness (QED) is 0.592. The summed E-state index contributed by atoms with van der Waals surface area (Å²) in [6.45, 7) is 2.24. The molecule has 3 heterocycles. The molecule has 1 amide bonds. The van der Waals surface area contributed by atoms with Crippen molar-refractivity contribution in [2.75, 3.05) is 26.2 Å². The van der Waals surface area contributed by atoms with E-state index in [2.05, 4.69) is 15.0 Å². The fraction of sp³-hybridized carbons (Fsp3) is 0.286. The van der Waals surface area contributed by atoms with E-state index in [0.29, 0.717) is 24.3 Å². The summed E-state index contributed by atoms with van der Waals surface area (Å²) in [5.74, 6) is -1.63. The van der Waals surface area contributed by atoms with Crippen LogP contribution in [0.2, 0.25) is 0 Å². The Morgan fingerprint density at radius 3 is 2.39 bits per heavy atom. The Labute approximate surface area is 175 Å². The van der Waals surface area contributed by atoms with Gasteiger partial charge in [-0.15, -0.1) is 0 Å². The van der Waals surface area contributed by atoms with Crippen LogP contribution < -0.4 is 0 Å². The largest absolute Gasteiger partial charge is 0.434 e. The molecular weight excluding hydrogens is 414 g/mol. The van der Waals surface area contributed by atoms with Crippen LogP contribution in [-0.2, 0) is 12.7 Å². The van der Waals surface area contributed by atoms with Crippen LogP contribution in [0.3, 0.4) is 0 Å². The molecule has 1 aliphatic rings. The molecule has 0 radical (unpaired) electrons. The molecule has 0 atom stereocenters. The number of benzene rings is 1. The van der Waals surface area contributed by atoms with E-state index in [1.807, 2.05) is 12.1 Å². The molecule has 0 bridgehead atoms. The number of halogens is 4. The first-order valence-corrected chi connectivity index (χ1v) is 9.65. The molecule has 10 heteroatoms. The second-order valence-corrected chi connectivity index (χ2v) is 7.20. The van der Waals surface area contributed by atoms with Crippen LogP contribution >= 0.6 is 0 Å². The van der Waals surface area contributed by atoms with Gasteiger partial charge in [-0.05, 0) is 23.8 Å². The summed E-state index contributed by atoms with van der Waals surface area (Å²) >= 11 is 0. The van der Waals surface area contributed by atoms with Crippen molar-refractivity contribution in [1.29, 1.82) is 0 Å². The van der Waals surface area contributed by atoms with Gasteiger partial charge in [0.05, 0.1) is 11.8 Å². The molecule has 0 unspecified atom stereocenters. The topological polar surface area (TPSA) is 54.3 Å². The minimum atomic E-state index is -4.88. The van der Waals surface area contributed by atoms with Crippen LogP contribution in [-0.4, -0.2) is 56.7 Å². The van der Waals surface area contributed by atoms with Gasteiger partial charge < -0.3 is 4.90 Å². The molecule has 1 saturated heterocycles. The molecule has 1 aromatic carbocycles. The molecule has 1 aliphatic heterocycles. The van der Waals surface area contributed by atoms with Gasteiger partial charge in [-0.25, -0.2) is 9.07 Å². The Morgan fingerprint density at radius 1 is 1.00 bits per heavy atom. The van der Waals surface area contributed by atoms with E-state index in [1.165, 1.54) is 23.1 Å². The molecule has 6 nitrogen and oxygen atoms in total. The van der Waals surface area contributed by atoms with Gasteiger partial charge in [-0.2, -0.15) is 18.3 Å². The van der Waals surface area contributed by atoms with Gasteiger partial charge >= 0.3 is 6.18 Å². The Kier molecular flexibility index (Phi) is 5.73. The number of pyridine rings is 1. The van der Waals surface area contributed by atoms with Crippen molar-refractivity contribution in [2.45, 2.75) is 12.7 Å². The average Bonchev–Trinajstić information content (AvgIpc) is 3.20. The molecule has 31 heavy (non-hydrogen) atoms. The number of para-hydroxylation sites is 1. The fourth-order valence-electron chi connectivity index (χ4n) is 3.61. The van der Waals surface area contributed by atoms with E-state index < -0.39 is 29.2 Å². The second-order valence-electron chi connectivity index (χ2n) is 7.20. The minimum absolute atomic E-state index is 0.279. The number of alkyl halides is 3. The standard InChI is InChI=1S/C21H19F4N5O/c22-17-5-1-2-6-18(17)30-19(21(23,24)25)16(13-27-30)20(31)29-10-8-28(9-11-29)14-15-4-3-7-26-12-15/h1-7,12-13H,8-11,14H2. The van der Waals surface area contributed by atoms with Gasteiger partial charge in [-0.3, -0.25) is 14.7 Å². The molecule has 0 saturated carbocycles. The Morgan fingerprint density at radius 2 is 1.74 bits per heavy atom. The van der Waals surface area contributed by atoms with Crippen molar-refractivity contribution in [3.63, 3.8) is 0 Å². The third-order valence-corrected chi connectivity index (χ3v) is 5.14. The van der Waals surface area contributed by atoms with E-state index in [4.69, 9.17) is 0 Å². The maximum Gasteiger partial charge on any atom is 0.434 e. The summed E-state index contributed by atoms with van der Waals surface area (Å²) in [5, 5.41) is 3.69. The van der Waals surface area contributed by atoms with Gasteiger partial charge in [0.15, 0.2) is 5.69 Å². The average molecular weight is 433 g/mol. The first-order chi connectivity index (χ1) is 14.8. The Hall–Kier alpha value is -3.27. The smallest absolute Gasteiger partial charge is 0.336 e. The highest BCUT2D eigenvalue weighted by molar-refractivity contribution is 5.95. The molecule has 1 fully saturated rings. The second kappa shape index (κ2) is 8.46. The van der Waals surface area contributed by atoms with Gasteiger partial charge in [-0.1, -0.05) is 18.2 Å². The van der Waals surface area contributed by atoms with E-state index in [0.717, 1.165) is 17.8 Å². The molecule has 0 aliphatic carbocycles.